The number of Topliss-reactive ketones (excluding diaryl/α,β-unsaturated/α-hetero) is 1. The van der Waals surface area contributed by atoms with Crippen LogP contribution in [0.1, 0.15) is 20.3 Å². The summed E-state index contributed by atoms with van der Waals surface area (Å²) in [6.45, 7) is 4.86. The lowest BCUT2D eigenvalue weighted by atomic mass is 9.91. The quantitative estimate of drug-likeness (QED) is 0.637. The molecule has 70 valence electrons. The van der Waals surface area contributed by atoms with Gasteiger partial charge >= 0.3 is 0 Å². The van der Waals surface area contributed by atoms with Crippen LogP contribution in [0.2, 0.25) is 0 Å². The Morgan fingerprint density at radius 3 is 2.67 bits per heavy atom. The summed E-state index contributed by atoms with van der Waals surface area (Å²) in [5.41, 5.74) is -0.654. The molecule has 0 N–H and O–H groups in total. The molecule has 3 nitrogen and oxygen atoms in total. The predicted molar refractivity (Wildman–Crippen MR) is 45.0 cm³/mol. The van der Waals surface area contributed by atoms with E-state index >= 15 is 0 Å². The highest BCUT2D eigenvalue weighted by Crippen LogP contribution is 2.21. The normalized spacial score (nSPS) is 24.4. The number of rotatable bonds is 3. The van der Waals surface area contributed by atoms with Gasteiger partial charge in [0.25, 0.3) is 0 Å². The average Bonchev–Trinajstić information content (AvgIpc) is 2.55. The molecule has 0 amide bonds. The van der Waals surface area contributed by atoms with Gasteiger partial charge in [-0.15, -0.1) is 0 Å². The zero-order valence-electron chi connectivity index (χ0n) is 7.92. The van der Waals surface area contributed by atoms with Gasteiger partial charge in [-0.2, -0.15) is 0 Å². The predicted octanol–water partition coefficient (Wildman–Crippen LogP) is 1.02. The number of hydrogen-bond acceptors (Lipinski definition) is 3. The number of methoxy groups -OCH3 is 1. The Bertz CT molecular complexity index is 169. The van der Waals surface area contributed by atoms with Crippen molar-refractivity contribution in [1.82, 2.24) is 0 Å². The molecule has 0 aromatic rings. The molecular weight excluding hydrogens is 156 g/mol. The van der Waals surface area contributed by atoms with E-state index in [4.69, 9.17) is 9.47 Å². The van der Waals surface area contributed by atoms with E-state index in [1.54, 1.807) is 21.0 Å². The van der Waals surface area contributed by atoms with Crippen molar-refractivity contribution in [3.8, 4) is 0 Å². The van der Waals surface area contributed by atoms with Crippen LogP contribution in [0.4, 0.5) is 0 Å². The van der Waals surface area contributed by atoms with Gasteiger partial charge in [0.05, 0.1) is 6.61 Å². The third-order valence-corrected chi connectivity index (χ3v) is 2.40. The van der Waals surface area contributed by atoms with Crippen LogP contribution in [0.3, 0.4) is 0 Å². The first-order valence-electron chi connectivity index (χ1n) is 4.25. The van der Waals surface area contributed by atoms with E-state index < -0.39 is 5.60 Å². The van der Waals surface area contributed by atoms with Crippen LogP contribution in [0.5, 0.6) is 0 Å². The Balaban J connectivity index is 2.56. The summed E-state index contributed by atoms with van der Waals surface area (Å²) in [5.74, 6) is 0.197. The van der Waals surface area contributed by atoms with Crippen molar-refractivity contribution in [2.45, 2.75) is 25.9 Å². The maximum Gasteiger partial charge on any atom is 0.169 e. The van der Waals surface area contributed by atoms with Gasteiger partial charge in [-0.1, -0.05) is 0 Å². The molecule has 12 heavy (non-hydrogen) atoms. The van der Waals surface area contributed by atoms with Gasteiger partial charge in [-0.05, 0) is 20.3 Å². The van der Waals surface area contributed by atoms with Crippen molar-refractivity contribution in [1.29, 1.82) is 0 Å². The number of carbonyl (C=O) groups excluding carboxylic acids is 1. The molecule has 0 spiro atoms. The van der Waals surface area contributed by atoms with Gasteiger partial charge in [0.2, 0.25) is 0 Å². The Morgan fingerprint density at radius 1 is 1.58 bits per heavy atom. The Hall–Kier alpha value is -0.410. The molecule has 0 bridgehead atoms. The van der Waals surface area contributed by atoms with Gasteiger partial charge in [-0.3, -0.25) is 4.79 Å². The molecule has 0 aromatic carbocycles. The highest BCUT2D eigenvalue weighted by molar-refractivity contribution is 5.88. The zero-order chi connectivity index (χ0) is 9.19. The summed E-state index contributed by atoms with van der Waals surface area (Å²) in [4.78, 5) is 11.7. The summed E-state index contributed by atoms with van der Waals surface area (Å²) in [5, 5.41) is 0. The fourth-order valence-corrected chi connectivity index (χ4v) is 1.33. The molecule has 1 fully saturated rings. The fraction of sp³-hybridized carbons (Fsp3) is 0.889. The van der Waals surface area contributed by atoms with Crippen LogP contribution in [0, 0.1) is 5.92 Å². The van der Waals surface area contributed by atoms with Crippen molar-refractivity contribution in [3.05, 3.63) is 0 Å². The minimum absolute atomic E-state index is 0.0416. The van der Waals surface area contributed by atoms with Crippen molar-refractivity contribution < 1.29 is 14.3 Å². The molecule has 1 aliphatic rings. The molecule has 1 rings (SSSR count). The van der Waals surface area contributed by atoms with Crippen molar-refractivity contribution in [3.63, 3.8) is 0 Å². The van der Waals surface area contributed by atoms with E-state index in [0.717, 1.165) is 6.42 Å². The topological polar surface area (TPSA) is 35.5 Å². The van der Waals surface area contributed by atoms with E-state index in [9.17, 15) is 4.79 Å². The minimum atomic E-state index is -0.654. The van der Waals surface area contributed by atoms with Crippen molar-refractivity contribution in [2.75, 3.05) is 20.3 Å². The Kier molecular flexibility index (Phi) is 2.85. The van der Waals surface area contributed by atoms with Crippen LogP contribution in [-0.4, -0.2) is 31.7 Å². The first kappa shape index (κ1) is 9.68. The highest BCUT2D eigenvalue weighted by Gasteiger charge is 2.35. The molecule has 0 saturated carbocycles. The molecular formula is C9H16O3. The maximum atomic E-state index is 11.7. The second-order valence-electron chi connectivity index (χ2n) is 3.64. The summed E-state index contributed by atoms with van der Waals surface area (Å²) in [7, 11) is 1.56. The average molecular weight is 172 g/mol. The molecule has 1 atom stereocenters. The van der Waals surface area contributed by atoms with Crippen LogP contribution in [0.25, 0.3) is 0 Å². The number of ketones is 1. The minimum Gasteiger partial charge on any atom is -0.381 e. The van der Waals surface area contributed by atoms with E-state index in [1.165, 1.54) is 0 Å². The second-order valence-corrected chi connectivity index (χ2v) is 3.64. The molecule has 0 aromatic heterocycles. The third kappa shape index (κ3) is 1.84. The Morgan fingerprint density at radius 2 is 2.25 bits per heavy atom. The molecule has 1 unspecified atom stereocenters. The SMILES string of the molecule is COC(C)(C)C(=O)C1CCOC1. The van der Waals surface area contributed by atoms with Crippen LogP contribution >= 0.6 is 0 Å². The largest absolute Gasteiger partial charge is 0.381 e. The number of hydrogen-bond donors (Lipinski definition) is 0. The third-order valence-electron chi connectivity index (χ3n) is 2.40. The highest BCUT2D eigenvalue weighted by atomic mass is 16.5. The lowest BCUT2D eigenvalue weighted by Gasteiger charge is -2.23. The maximum absolute atomic E-state index is 11.7. The molecule has 0 radical (unpaired) electrons. The number of carbonyl (C=O) groups is 1. The smallest absolute Gasteiger partial charge is 0.169 e. The van der Waals surface area contributed by atoms with E-state index in [0.29, 0.717) is 13.2 Å². The fourth-order valence-electron chi connectivity index (χ4n) is 1.33. The summed E-state index contributed by atoms with van der Waals surface area (Å²) in [6.07, 6.45) is 0.839. The van der Waals surface area contributed by atoms with Gasteiger partial charge in [0, 0.05) is 19.6 Å². The van der Waals surface area contributed by atoms with E-state index in [2.05, 4.69) is 0 Å². The molecule has 1 saturated heterocycles. The second kappa shape index (κ2) is 3.54. The Labute approximate surface area is 73.0 Å². The zero-order valence-corrected chi connectivity index (χ0v) is 7.92. The lowest BCUT2D eigenvalue weighted by Crippen LogP contribution is -2.39. The lowest BCUT2D eigenvalue weighted by molar-refractivity contribution is -0.141. The number of ether oxygens (including phenoxy) is 2. The van der Waals surface area contributed by atoms with Gasteiger partial charge in [-0.25, -0.2) is 0 Å². The first-order chi connectivity index (χ1) is 5.58. The molecule has 1 heterocycles. The van der Waals surface area contributed by atoms with Crippen LogP contribution in [0.15, 0.2) is 0 Å². The standard InChI is InChI=1S/C9H16O3/c1-9(2,11-3)8(10)7-4-5-12-6-7/h7H,4-6H2,1-3H3. The van der Waals surface area contributed by atoms with Crippen molar-refractivity contribution in [2.24, 2.45) is 5.92 Å². The molecule has 1 aliphatic heterocycles. The monoisotopic (exact) mass is 172 g/mol. The van der Waals surface area contributed by atoms with E-state index in [-0.39, 0.29) is 11.7 Å². The van der Waals surface area contributed by atoms with Gasteiger partial charge in [0.1, 0.15) is 5.60 Å². The summed E-state index contributed by atoms with van der Waals surface area (Å²) < 4.78 is 10.2. The van der Waals surface area contributed by atoms with Crippen molar-refractivity contribution >= 4 is 5.78 Å². The summed E-state index contributed by atoms with van der Waals surface area (Å²) in [6, 6.07) is 0. The molecule has 3 heteroatoms. The first-order valence-corrected chi connectivity index (χ1v) is 4.25. The molecule has 0 aliphatic carbocycles. The summed E-state index contributed by atoms with van der Waals surface area (Å²) >= 11 is 0. The van der Waals surface area contributed by atoms with E-state index in [1.807, 2.05) is 0 Å². The van der Waals surface area contributed by atoms with Gasteiger partial charge < -0.3 is 9.47 Å². The van der Waals surface area contributed by atoms with Crippen LogP contribution < -0.4 is 0 Å². The van der Waals surface area contributed by atoms with Gasteiger partial charge in [0.15, 0.2) is 5.78 Å². The van der Waals surface area contributed by atoms with Crippen LogP contribution in [-0.2, 0) is 14.3 Å².